The van der Waals surface area contributed by atoms with Crippen molar-refractivity contribution < 1.29 is 9.47 Å². The number of nitrogens with zero attached hydrogens (tertiary/aromatic N) is 2. The Bertz CT molecular complexity index is 423. The molecule has 0 unspecified atom stereocenters. The van der Waals surface area contributed by atoms with Gasteiger partial charge in [0.2, 0.25) is 0 Å². The van der Waals surface area contributed by atoms with Crippen molar-refractivity contribution in [3.8, 4) is 11.8 Å². The summed E-state index contributed by atoms with van der Waals surface area (Å²) >= 11 is 0. The second kappa shape index (κ2) is 5.16. The molecule has 0 saturated heterocycles. The Morgan fingerprint density at radius 1 is 0.882 bits per heavy atom. The average Bonchev–Trinajstić information content (AvgIpc) is 2.40. The quantitative estimate of drug-likeness (QED) is 0.874. The number of aromatic nitrogens is 2. The Morgan fingerprint density at radius 2 is 1.53 bits per heavy atom. The standard InChI is InChI=1S/C12H13N3O2/c1-16-11-5-3-9(4-6-11)15-10-7-13-12(17-2)14-8-10/h3-8,15H,1-2H3. The molecule has 1 N–H and O–H groups in total. The molecule has 1 aromatic heterocycles. The number of benzene rings is 1. The molecule has 0 saturated carbocycles. The smallest absolute Gasteiger partial charge is 0.316 e. The molecule has 1 aromatic carbocycles. The van der Waals surface area contributed by atoms with Gasteiger partial charge in [0.1, 0.15) is 5.75 Å². The van der Waals surface area contributed by atoms with Crippen molar-refractivity contribution in [1.82, 2.24) is 9.97 Å². The van der Waals surface area contributed by atoms with Gasteiger partial charge < -0.3 is 14.8 Å². The monoisotopic (exact) mass is 231 g/mol. The van der Waals surface area contributed by atoms with E-state index in [9.17, 15) is 0 Å². The first-order valence-electron chi connectivity index (χ1n) is 5.09. The highest BCUT2D eigenvalue weighted by atomic mass is 16.5. The largest absolute Gasteiger partial charge is 0.497 e. The summed E-state index contributed by atoms with van der Waals surface area (Å²) in [4.78, 5) is 8.01. The molecule has 5 heteroatoms. The van der Waals surface area contributed by atoms with Crippen LogP contribution >= 0.6 is 0 Å². The van der Waals surface area contributed by atoms with Crippen LogP contribution in [0.1, 0.15) is 0 Å². The van der Waals surface area contributed by atoms with Gasteiger partial charge in [0, 0.05) is 5.69 Å². The molecule has 0 aliphatic heterocycles. The van der Waals surface area contributed by atoms with Crippen LogP contribution in [0.2, 0.25) is 0 Å². The maximum atomic E-state index is 5.08. The molecular formula is C12H13N3O2. The van der Waals surface area contributed by atoms with Gasteiger partial charge in [-0.15, -0.1) is 0 Å². The molecule has 0 aliphatic rings. The highest BCUT2D eigenvalue weighted by molar-refractivity contribution is 5.58. The summed E-state index contributed by atoms with van der Waals surface area (Å²) < 4.78 is 9.96. The fourth-order valence-corrected chi connectivity index (χ4v) is 1.33. The molecule has 0 amide bonds. The summed E-state index contributed by atoms with van der Waals surface area (Å²) in [6, 6.07) is 7.95. The van der Waals surface area contributed by atoms with Gasteiger partial charge in [-0.1, -0.05) is 0 Å². The van der Waals surface area contributed by atoms with Gasteiger partial charge in [-0.2, -0.15) is 0 Å². The van der Waals surface area contributed by atoms with Gasteiger partial charge in [-0.25, -0.2) is 9.97 Å². The molecule has 0 fully saturated rings. The summed E-state index contributed by atoms with van der Waals surface area (Å²) in [6.45, 7) is 0. The van der Waals surface area contributed by atoms with E-state index in [2.05, 4.69) is 15.3 Å². The van der Waals surface area contributed by atoms with Crippen molar-refractivity contribution in [3.63, 3.8) is 0 Å². The molecule has 17 heavy (non-hydrogen) atoms. The summed E-state index contributed by atoms with van der Waals surface area (Å²) in [5.74, 6) is 0.821. The Kier molecular flexibility index (Phi) is 3.40. The van der Waals surface area contributed by atoms with Crippen LogP contribution in [-0.2, 0) is 0 Å². The van der Waals surface area contributed by atoms with Crippen LogP contribution in [0.4, 0.5) is 11.4 Å². The number of anilines is 2. The molecule has 0 spiro atoms. The van der Waals surface area contributed by atoms with Gasteiger partial charge in [0.25, 0.3) is 0 Å². The van der Waals surface area contributed by atoms with E-state index in [-0.39, 0.29) is 0 Å². The number of hydrogen-bond acceptors (Lipinski definition) is 5. The van der Waals surface area contributed by atoms with E-state index >= 15 is 0 Å². The van der Waals surface area contributed by atoms with E-state index in [0.29, 0.717) is 6.01 Å². The number of methoxy groups -OCH3 is 2. The normalized spacial score (nSPS) is 9.76. The number of ether oxygens (including phenoxy) is 2. The minimum atomic E-state index is 0.352. The van der Waals surface area contributed by atoms with E-state index in [1.807, 2.05) is 24.3 Å². The summed E-state index contributed by atoms with van der Waals surface area (Å²) in [6.07, 6.45) is 3.33. The van der Waals surface area contributed by atoms with Gasteiger partial charge in [0.15, 0.2) is 0 Å². The van der Waals surface area contributed by atoms with Gasteiger partial charge in [-0.3, -0.25) is 0 Å². The zero-order valence-corrected chi connectivity index (χ0v) is 9.68. The Morgan fingerprint density at radius 3 is 2.06 bits per heavy atom. The predicted octanol–water partition coefficient (Wildman–Crippen LogP) is 2.24. The second-order valence-corrected chi connectivity index (χ2v) is 3.31. The molecule has 5 nitrogen and oxygen atoms in total. The lowest BCUT2D eigenvalue weighted by Gasteiger charge is -2.06. The number of hydrogen-bond donors (Lipinski definition) is 1. The lowest BCUT2D eigenvalue weighted by Crippen LogP contribution is -1.95. The second-order valence-electron chi connectivity index (χ2n) is 3.31. The first-order valence-corrected chi connectivity index (χ1v) is 5.09. The van der Waals surface area contributed by atoms with E-state index in [0.717, 1.165) is 17.1 Å². The average molecular weight is 231 g/mol. The summed E-state index contributed by atoms with van der Waals surface area (Å²) in [5, 5.41) is 3.17. The van der Waals surface area contributed by atoms with Crippen LogP contribution < -0.4 is 14.8 Å². The summed E-state index contributed by atoms with van der Waals surface area (Å²) in [7, 11) is 3.17. The van der Waals surface area contributed by atoms with Gasteiger partial charge in [-0.05, 0) is 24.3 Å². The molecule has 0 atom stereocenters. The zero-order valence-electron chi connectivity index (χ0n) is 9.68. The van der Waals surface area contributed by atoms with Crippen molar-refractivity contribution in [2.75, 3.05) is 19.5 Å². The predicted molar refractivity (Wildman–Crippen MR) is 64.9 cm³/mol. The molecule has 0 bridgehead atoms. The van der Waals surface area contributed by atoms with Crippen molar-refractivity contribution in [1.29, 1.82) is 0 Å². The van der Waals surface area contributed by atoms with Crippen LogP contribution in [0.15, 0.2) is 36.7 Å². The Hall–Kier alpha value is -2.30. The van der Waals surface area contributed by atoms with Crippen molar-refractivity contribution in [2.45, 2.75) is 0 Å². The molecule has 0 radical (unpaired) electrons. The van der Waals surface area contributed by atoms with Gasteiger partial charge in [0.05, 0.1) is 32.3 Å². The Labute approximate surface area is 99.4 Å². The van der Waals surface area contributed by atoms with Crippen molar-refractivity contribution in [3.05, 3.63) is 36.7 Å². The lowest BCUT2D eigenvalue weighted by molar-refractivity contribution is 0.380. The third-order valence-electron chi connectivity index (χ3n) is 2.19. The minimum Gasteiger partial charge on any atom is -0.497 e. The third-order valence-corrected chi connectivity index (χ3v) is 2.19. The van der Waals surface area contributed by atoms with E-state index in [1.54, 1.807) is 19.5 Å². The zero-order chi connectivity index (χ0) is 12.1. The SMILES string of the molecule is COc1ccc(Nc2cnc(OC)nc2)cc1. The van der Waals surface area contributed by atoms with E-state index in [4.69, 9.17) is 9.47 Å². The maximum absolute atomic E-state index is 5.08. The number of rotatable bonds is 4. The van der Waals surface area contributed by atoms with Crippen LogP contribution in [0, 0.1) is 0 Å². The molecule has 88 valence electrons. The first-order chi connectivity index (χ1) is 8.31. The van der Waals surface area contributed by atoms with Crippen LogP contribution in [0.3, 0.4) is 0 Å². The minimum absolute atomic E-state index is 0.352. The van der Waals surface area contributed by atoms with Crippen LogP contribution in [0.5, 0.6) is 11.8 Å². The van der Waals surface area contributed by atoms with Crippen LogP contribution in [-0.4, -0.2) is 24.2 Å². The maximum Gasteiger partial charge on any atom is 0.316 e. The lowest BCUT2D eigenvalue weighted by atomic mass is 10.3. The van der Waals surface area contributed by atoms with Crippen molar-refractivity contribution in [2.24, 2.45) is 0 Å². The van der Waals surface area contributed by atoms with Crippen molar-refractivity contribution >= 4 is 11.4 Å². The Balaban J connectivity index is 2.08. The van der Waals surface area contributed by atoms with Crippen LogP contribution in [0.25, 0.3) is 0 Å². The number of nitrogens with one attached hydrogen (secondary N) is 1. The topological polar surface area (TPSA) is 56.3 Å². The third kappa shape index (κ3) is 2.84. The highest BCUT2D eigenvalue weighted by Crippen LogP contribution is 2.19. The summed E-state index contributed by atoms with van der Waals surface area (Å²) in [5.41, 5.74) is 1.75. The fourth-order valence-electron chi connectivity index (χ4n) is 1.33. The molecule has 1 heterocycles. The molecule has 2 rings (SSSR count). The highest BCUT2D eigenvalue weighted by Gasteiger charge is 1.98. The molecular weight excluding hydrogens is 218 g/mol. The molecule has 0 aliphatic carbocycles. The van der Waals surface area contributed by atoms with Gasteiger partial charge >= 0.3 is 6.01 Å². The fraction of sp³-hybridized carbons (Fsp3) is 0.167. The van der Waals surface area contributed by atoms with E-state index < -0.39 is 0 Å². The molecule has 2 aromatic rings. The first kappa shape index (κ1) is 11.2. The van der Waals surface area contributed by atoms with E-state index in [1.165, 1.54) is 7.11 Å².